The van der Waals surface area contributed by atoms with Crippen LogP contribution in [0.25, 0.3) is 0 Å². The monoisotopic (exact) mass is 316 g/mol. The van der Waals surface area contributed by atoms with Gasteiger partial charge in [-0.2, -0.15) is 5.10 Å². The minimum Gasteiger partial charge on any atom is -0.492 e. The van der Waals surface area contributed by atoms with Crippen molar-refractivity contribution in [3.63, 3.8) is 0 Å². The Labute approximate surface area is 137 Å². The van der Waals surface area contributed by atoms with Crippen LogP contribution in [0.4, 0.5) is 5.69 Å². The number of nitrogens with one attached hydrogen (secondary N) is 1. The molecular weight excluding hydrogens is 296 g/mol. The maximum Gasteiger partial charge on any atom is 0.137 e. The molecule has 4 heteroatoms. The van der Waals surface area contributed by atoms with E-state index in [0.717, 1.165) is 23.4 Å². The number of benzene rings is 2. The summed E-state index contributed by atoms with van der Waals surface area (Å²) in [6.07, 6.45) is 5.14. The first kappa shape index (κ1) is 16.4. The Morgan fingerprint density at radius 1 is 1.14 bits per heavy atom. The van der Waals surface area contributed by atoms with E-state index in [1.807, 2.05) is 48.5 Å². The fraction of sp³-hybridized carbons (Fsp3) is 0.278. The molecule has 0 aliphatic heterocycles. The summed E-state index contributed by atoms with van der Waals surface area (Å²) in [6, 6.07) is 15.5. The highest BCUT2D eigenvalue weighted by Gasteiger charge is 2.02. The molecule has 3 nitrogen and oxygen atoms in total. The molecule has 2 rings (SSSR count). The first-order valence-corrected chi connectivity index (χ1v) is 7.94. The number of nitrogens with zero attached hydrogens (tertiary/aromatic N) is 1. The lowest BCUT2D eigenvalue weighted by molar-refractivity contribution is 0.306. The van der Waals surface area contributed by atoms with Gasteiger partial charge in [0.1, 0.15) is 5.75 Å². The molecule has 0 aliphatic rings. The van der Waals surface area contributed by atoms with Crippen LogP contribution in [0.5, 0.6) is 5.75 Å². The van der Waals surface area contributed by atoms with Gasteiger partial charge in [0.15, 0.2) is 0 Å². The van der Waals surface area contributed by atoms with Crippen LogP contribution < -0.4 is 10.2 Å². The highest BCUT2D eigenvalue weighted by molar-refractivity contribution is 6.32. The predicted molar refractivity (Wildman–Crippen MR) is 94.1 cm³/mol. The van der Waals surface area contributed by atoms with Crippen molar-refractivity contribution in [2.45, 2.75) is 26.2 Å². The molecule has 0 atom stereocenters. The number of para-hydroxylation sites is 1. The Bertz CT molecular complexity index is 599. The molecule has 0 saturated heterocycles. The third-order valence-corrected chi connectivity index (χ3v) is 3.44. The third-order valence-electron chi connectivity index (χ3n) is 3.14. The predicted octanol–water partition coefficient (Wildman–Crippen LogP) is 5.36. The molecule has 0 amide bonds. The van der Waals surface area contributed by atoms with Crippen molar-refractivity contribution >= 4 is 23.5 Å². The van der Waals surface area contributed by atoms with Crippen molar-refractivity contribution in [3.05, 3.63) is 59.1 Å². The molecule has 0 heterocycles. The Hall–Kier alpha value is -2.00. The van der Waals surface area contributed by atoms with Crippen LogP contribution in [0.1, 0.15) is 31.7 Å². The van der Waals surface area contributed by atoms with E-state index < -0.39 is 0 Å². The second kappa shape index (κ2) is 9.11. The Kier molecular flexibility index (Phi) is 6.78. The summed E-state index contributed by atoms with van der Waals surface area (Å²) >= 11 is 6.23. The van der Waals surface area contributed by atoms with Gasteiger partial charge in [0.05, 0.1) is 23.5 Å². The first-order chi connectivity index (χ1) is 10.8. The normalized spacial score (nSPS) is 10.8. The van der Waals surface area contributed by atoms with Gasteiger partial charge in [0, 0.05) is 0 Å². The van der Waals surface area contributed by atoms with E-state index in [-0.39, 0.29) is 0 Å². The summed E-state index contributed by atoms with van der Waals surface area (Å²) in [5, 5.41) is 4.81. The lowest BCUT2D eigenvalue weighted by atomic mass is 10.2. The molecule has 0 aliphatic carbocycles. The standard InChI is InChI=1S/C18H21ClN2O/c1-2-3-7-12-22-18-11-10-15(13-17(18)19)14-20-21-16-8-5-4-6-9-16/h4-6,8-11,13-14,21H,2-3,7,12H2,1H3. The molecular formula is C18H21ClN2O. The van der Waals surface area contributed by atoms with Crippen LogP contribution in [0.2, 0.25) is 5.02 Å². The number of rotatable bonds is 8. The molecule has 22 heavy (non-hydrogen) atoms. The second-order valence-corrected chi connectivity index (χ2v) is 5.39. The molecule has 0 aromatic heterocycles. The number of hydrazone groups is 1. The molecule has 0 radical (unpaired) electrons. The van der Waals surface area contributed by atoms with Crippen LogP contribution >= 0.6 is 11.6 Å². The number of unbranched alkanes of at least 4 members (excludes halogenated alkanes) is 2. The minimum absolute atomic E-state index is 0.611. The van der Waals surface area contributed by atoms with Gasteiger partial charge in [0.2, 0.25) is 0 Å². The highest BCUT2D eigenvalue weighted by Crippen LogP contribution is 2.25. The molecule has 0 saturated carbocycles. The van der Waals surface area contributed by atoms with Crippen molar-refractivity contribution in [3.8, 4) is 5.75 Å². The third kappa shape index (κ3) is 5.41. The SMILES string of the molecule is CCCCCOc1ccc(C=NNc2ccccc2)cc1Cl. The molecule has 1 N–H and O–H groups in total. The molecule has 0 fully saturated rings. The number of ether oxygens (including phenoxy) is 1. The van der Waals surface area contributed by atoms with E-state index in [2.05, 4.69) is 17.5 Å². The fourth-order valence-electron chi connectivity index (χ4n) is 1.94. The van der Waals surface area contributed by atoms with Crippen LogP contribution in [0.15, 0.2) is 53.6 Å². The average Bonchev–Trinajstić information content (AvgIpc) is 2.54. The molecule has 0 spiro atoms. The smallest absolute Gasteiger partial charge is 0.137 e. The van der Waals surface area contributed by atoms with E-state index >= 15 is 0 Å². The summed E-state index contributed by atoms with van der Waals surface area (Å²) in [5.41, 5.74) is 4.84. The van der Waals surface area contributed by atoms with Gasteiger partial charge in [-0.3, -0.25) is 5.43 Å². The molecule has 116 valence electrons. The van der Waals surface area contributed by atoms with Crippen LogP contribution in [0.3, 0.4) is 0 Å². The van der Waals surface area contributed by atoms with Gasteiger partial charge in [-0.05, 0) is 42.3 Å². The van der Waals surface area contributed by atoms with E-state index in [9.17, 15) is 0 Å². The summed E-state index contributed by atoms with van der Waals surface area (Å²) in [5.74, 6) is 0.728. The first-order valence-electron chi connectivity index (χ1n) is 7.56. The summed E-state index contributed by atoms with van der Waals surface area (Å²) in [7, 11) is 0. The Balaban J connectivity index is 1.88. The van der Waals surface area contributed by atoms with Gasteiger partial charge < -0.3 is 4.74 Å². The molecule has 0 bridgehead atoms. The summed E-state index contributed by atoms with van der Waals surface area (Å²) in [4.78, 5) is 0. The molecule has 2 aromatic rings. The van der Waals surface area contributed by atoms with Crippen molar-refractivity contribution in [2.75, 3.05) is 12.0 Å². The second-order valence-electron chi connectivity index (χ2n) is 4.98. The van der Waals surface area contributed by atoms with Crippen molar-refractivity contribution < 1.29 is 4.74 Å². The van der Waals surface area contributed by atoms with Crippen LogP contribution in [0, 0.1) is 0 Å². The van der Waals surface area contributed by atoms with E-state index in [1.165, 1.54) is 12.8 Å². The van der Waals surface area contributed by atoms with Crippen LogP contribution in [-0.2, 0) is 0 Å². The lowest BCUT2D eigenvalue weighted by Crippen LogP contribution is -1.98. The molecule has 2 aromatic carbocycles. The Morgan fingerprint density at radius 3 is 2.68 bits per heavy atom. The zero-order valence-corrected chi connectivity index (χ0v) is 13.5. The Morgan fingerprint density at radius 2 is 1.95 bits per heavy atom. The van der Waals surface area contributed by atoms with Gasteiger partial charge in [-0.15, -0.1) is 0 Å². The van der Waals surface area contributed by atoms with E-state index in [0.29, 0.717) is 11.6 Å². The largest absolute Gasteiger partial charge is 0.492 e. The quantitative estimate of drug-likeness (QED) is 0.404. The van der Waals surface area contributed by atoms with Gasteiger partial charge in [-0.1, -0.05) is 49.6 Å². The van der Waals surface area contributed by atoms with Crippen molar-refractivity contribution in [1.82, 2.24) is 0 Å². The van der Waals surface area contributed by atoms with Gasteiger partial charge in [0.25, 0.3) is 0 Å². The number of halogens is 1. The van der Waals surface area contributed by atoms with Gasteiger partial charge in [-0.25, -0.2) is 0 Å². The lowest BCUT2D eigenvalue weighted by Gasteiger charge is -2.08. The molecule has 0 unspecified atom stereocenters. The number of anilines is 1. The van der Waals surface area contributed by atoms with Crippen molar-refractivity contribution in [2.24, 2.45) is 5.10 Å². The maximum absolute atomic E-state index is 6.23. The fourth-order valence-corrected chi connectivity index (χ4v) is 2.19. The maximum atomic E-state index is 6.23. The highest BCUT2D eigenvalue weighted by atomic mass is 35.5. The summed E-state index contributed by atoms with van der Waals surface area (Å²) in [6.45, 7) is 2.88. The zero-order chi connectivity index (χ0) is 15.6. The van der Waals surface area contributed by atoms with E-state index in [1.54, 1.807) is 6.21 Å². The van der Waals surface area contributed by atoms with Gasteiger partial charge >= 0.3 is 0 Å². The topological polar surface area (TPSA) is 33.6 Å². The minimum atomic E-state index is 0.611. The van der Waals surface area contributed by atoms with Crippen LogP contribution in [-0.4, -0.2) is 12.8 Å². The zero-order valence-electron chi connectivity index (χ0n) is 12.8. The van der Waals surface area contributed by atoms with Crippen molar-refractivity contribution in [1.29, 1.82) is 0 Å². The average molecular weight is 317 g/mol. The van der Waals surface area contributed by atoms with E-state index in [4.69, 9.17) is 16.3 Å². The number of hydrogen-bond donors (Lipinski definition) is 1. The number of hydrogen-bond acceptors (Lipinski definition) is 3. The summed E-state index contributed by atoms with van der Waals surface area (Å²) < 4.78 is 5.68.